The van der Waals surface area contributed by atoms with Gasteiger partial charge >= 0.3 is 0 Å². The summed E-state index contributed by atoms with van der Waals surface area (Å²) in [5.41, 5.74) is 1.06. The maximum atomic E-state index is 13.1. The number of ether oxygens (including phenoxy) is 1. The van der Waals surface area contributed by atoms with Crippen LogP contribution in [-0.4, -0.2) is 29.0 Å². The van der Waals surface area contributed by atoms with E-state index in [-0.39, 0.29) is 34.1 Å². The van der Waals surface area contributed by atoms with Crippen molar-refractivity contribution in [2.45, 2.75) is 19.9 Å². The number of nitrogens with zero attached hydrogens (tertiary/aromatic N) is 1. The van der Waals surface area contributed by atoms with Crippen LogP contribution in [0.15, 0.2) is 64.6 Å². The first-order valence-corrected chi connectivity index (χ1v) is 9.63. The predicted molar refractivity (Wildman–Crippen MR) is 114 cm³/mol. The van der Waals surface area contributed by atoms with Gasteiger partial charge in [-0.15, -0.1) is 0 Å². The third-order valence-corrected chi connectivity index (χ3v) is 5.23. The van der Waals surface area contributed by atoms with Crippen LogP contribution in [0.1, 0.15) is 28.7 Å². The van der Waals surface area contributed by atoms with Crippen LogP contribution in [0.5, 0.6) is 11.5 Å². The number of rotatable bonds is 4. The van der Waals surface area contributed by atoms with Crippen LogP contribution in [0.4, 0.5) is 5.69 Å². The molecule has 1 aliphatic rings. The van der Waals surface area contributed by atoms with E-state index in [0.29, 0.717) is 11.5 Å². The summed E-state index contributed by atoms with van der Waals surface area (Å²) in [4.78, 5) is 27.4. The standard InChI is InChI=1S/C24H21NO6/c1-13-8-10-17(26)16(12-13)25-21(19-11-9-14(2)31-19)20(23(28)24(25)29)22(27)15-6-4-5-7-18(15)30-3/h4-12,21,26-27H,1-3H3/b22-20-. The summed E-state index contributed by atoms with van der Waals surface area (Å²) < 4.78 is 11.1. The predicted octanol–water partition coefficient (Wildman–Crippen LogP) is 4.24. The van der Waals surface area contributed by atoms with Crippen molar-refractivity contribution in [1.82, 2.24) is 0 Å². The lowest BCUT2D eigenvalue weighted by Crippen LogP contribution is -2.29. The number of aryl methyl sites for hydroxylation is 2. The van der Waals surface area contributed by atoms with Crippen molar-refractivity contribution in [2.24, 2.45) is 0 Å². The number of aromatic hydroxyl groups is 1. The van der Waals surface area contributed by atoms with Gasteiger partial charge in [0.2, 0.25) is 0 Å². The van der Waals surface area contributed by atoms with Crippen LogP contribution in [0.3, 0.4) is 0 Å². The molecule has 158 valence electrons. The first kappa shape index (κ1) is 20.3. The molecule has 4 rings (SSSR count). The van der Waals surface area contributed by atoms with Gasteiger partial charge in [-0.05, 0) is 55.8 Å². The number of carbonyl (C=O) groups is 2. The second-order valence-corrected chi connectivity index (χ2v) is 7.31. The van der Waals surface area contributed by atoms with Crippen LogP contribution in [0, 0.1) is 13.8 Å². The molecule has 0 radical (unpaired) electrons. The molecule has 3 aromatic rings. The number of methoxy groups -OCH3 is 1. The van der Waals surface area contributed by atoms with Crippen molar-refractivity contribution >= 4 is 23.1 Å². The molecule has 1 atom stereocenters. The van der Waals surface area contributed by atoms with Crippen LogP contribution >= 0.6 is 0 Å². The lowest BCUT2D eigenvalue weighted by Gasteiger charge is -2.24. The third-order valence-electron chi connectivity index (χ3n) is 5.23. The molecular formula is C24H21NO6. The number of para-hydroxylation sites is 1. The highest BCUT2D eigenvalue weighted by Crippen LogP contribution is 2.46. The number of anilines is 1. The molecule has 1 aromatic heterocycles. The van der Waals surface area contributed by atoms with Crippen LogP contribution in [0.25, 0.3) is 5.76 Å². The molecule has 7 heteroatoms. The summed E-state index contributed by atoms with van der Waals surface area (Å²) in [6, 6.07) is 13.7. The minimum absolute atomic E-state index is 0.148. The van der Waals surface area contributed by atoms with Crippen molar-refractivity contribution in [2.75, 3.05) is 12.0 Å². The minimum atomic E-state index is -1.06. The third kappa shape index (κ3) is 3.34. The lowest BCUT2D eigenvalue weighted by atomic mass is 9.98. The monoisotopic (exact) mass is 419 g/mol. The number of hydrogen-bond acceptors (Lipinski definition) is 6. The number of furan rings is 1. The van der Waals surface area contributed by atoms with Gasteiger partial charge in [-0.2, -0.15) is 0 Å². The Kier molecular flexibility index (Phi) is 5.02. The van der Waals surface area contributed by atoms with Crippen molar-refractivity contribution in [3.63, 3.8) is 0 Å². The molecule has 0 spiro atoms. The average molecular weight is 419 g/mol. The van der Waals surface area contributed by atoms with Gasteiger partial charge in [-0.3, -0.25) is 14.5 Å². The molecule has 0 bridgehead atoms. The molecule has 0 saturated carbocycles. The van der Waals surface area contributed by atoms with E-state index in [1.807, 2.05) is 0 Å². The number of hydrogen-bond donors (Lipinski definition) is 2. The van der Waals surface area contributed by atoms with Crippen LogP contribution < -0.4 is 9.64 Å². The number of Topliss-reactive ketones (excluding diaryl/α,β-unsaturated/α-hetero) is 1. The molecule has 2 heterocycles. The Balaban J connectivity index is 2.00. The highest BCUT2D eigenvalue weighted by molar-refractivity contribution is 6.51. The van der Waals surface area contributed by atoms with Crippen molar-refractivity contribution in [3.05, 3.63) is 82.8 Å². The maximum Gasteiger partial charge on any atom is 0.300 e. The Labute approximate surface area is 178 Å². The Bertz CT molecular complexity index is 1220. The minimum Gasteiger partial charge on any atom is -0.507 e. The molecule has 2 aromatic carbocycles. The molecule has 1 amide bonds. The first-order chi connectivity index (χ1) is 14.8. The van der Waals surface area contributed by atoms with Crippen molar-refractivity contribution in [1.29, 1.82) is 0 Å². The summed E-state index contributed by atoms with van der Waals surface area (Å²) in [5.74, 6) is -1.11. The largest absolute Gasteiger partial charge is 0.507 e. The Morgan fingerprint density at radius 2 is 1.81 bits per heavy atom. The second kappa shape index (κ2) is 7.68. The van der Waals surface area contributed by atoms with Gasteiger partial charge in [0.25, 0.3) is 11.7 Å². The van der Waals surface area contributed by atoms with E-state index in [1.165, 1.54) is 13.2 Å². The van der Waals surface area contributed by atoms with Crippen molar-refractivity contribution in [3.8, 4) is 11.5 Å². The fraction of sp³-hybridized carbons (Fsp3) is 0.167. The molecule has 1 unspecified atom stereocenters. The van der Waals surface area contributed by atoms with E-state index in [0.717, 1.165) is 10.5 Å². The van der Waals surface area contributed by atoms with Gasteiger partial charge in [0.15, 0.2) is 0 Å². The van der Waals surface area contributed by atoms with Gasteiger partial charge in [0.05, 0.1) is 23.9 Å². The number of phenolic OH excluding ortho intramolecular Hbond substituents is 1. The fourth-order valence-corrected chi connectivity index (χ4v) is 3.76. The summed E-state index contributed by atoms with van der Waals surface area (Å²) in [6.45, 7) is 3.54. The molecule has 2 N–H and O–H groups in total. The number of aliphatic hydroxyl groups is 1. The molecule has 0 aliphatic carbocycles. The Morgan fingerprint density at radius 1 is 1.06 bits per heavy atom. The number of carbonyl (C=O) groups excluding carboxylic acids is 2. The average Bonchev–Trinajstić information content (AvgIpc) is 3.30. The zero-order chi connectivity index (χ0) is 22.3. The molecule has 7 nitrogen and oxygen atoms in total. The van der Waals surface area contributed by atoms with E-state index < -0.39 is 17.7 Å². The van der Waals surface area contributed by atoms with E-state index in [1.54, 1.807) is 62.4 Å². The lowest BCUT2D eigenvalue weighted by molar-refractivity contribution is -0.132. The van der Waals surface area contributed by atoms with Gasteiger partial charge in [-0.25, -0.2) is 0 Å². The molecule has 1 saturated heterocycles. The summed E-state index contributed by atoms with van der Waals surface area (Å²) >= 11 is 0. The fourth-order valence-electron chi connectivity index (χ4n) is 3.76. The van der Waals surface area contributed by atoms with Gasteiger partial charge in [-0.1, -0.05) is 18.2 Å². The van der Waals surface area contributed by atoms with E-state index in [9.17, 15) is 19.8 Å². The number of phenols is 1. The van der Waals surface area contributed by atoms with E-state index in [2.05, 4.69) is 0 Å². The maximum absolute atomic E-state index is 13.1. The van der Waals surface area contributed by atoms with Gasteiger partial charge < -0.3 is 19.4 Å². The number of aliphatic hydroxyl groups excluding tert-OH is 1. The quantitative estimate of drug-likeness (QED) is 0.373. The van der Waals surface area contributed by atoms with E-state index in [4.69, 9.17) is 9.15 Å². The van der Waals surface area contributed by atoms with Crippen LogP contribution in [-0.2, 0) is 9.59 Å². The second-order valence-electron chi connectivity index (χ2n) is 7.31. The van der Waals surface area contributed by atoms with Crippen LogP contribution in [0.2, 0.25) is 0 Å². The molecular weight excluding hydrogens is 398 g/mol. The Morgan fingerprint density at radius 3 is 2.48 bits per heavy atom. The smallest absolute Gasteiger partial charge is 0.300 e. The van der Waals surface area contributed by atoms with Crippen molar-refractivity contribution < 1.29 is 29.0 Å². The SMILES string of the molecule is COc1ccccc1/C(O)=C1/C(=O)C(=O)N(c2cc(C)ccc2O)C1c1ccc(C)o1. The molecule has 1 aliphatic heterocycles. The highest BCUT2D eigenvalue weighted by Gasteiger charge is 2.49. The number of amides is 1. The Hall–Kier alpha value is -4.00. The summed E-state index contributed by atoms with van der Waals surface area (Å²) in [6.07, 6.45) is 0. The zero-order valence-electron chi connectivity index (χ0n) is 17.2. The first-order valence-electron chi connectivity index (χ1n) is 9.63. The highest BCUT2D eigenvalue weighted by atomic mass is 16.5. The molecule has 1 fully saturated rings. The van der Waals surface area contributed by atoms with Gasteiger partial charge in [0.1, 0.15) is 34.8 Å². The van der Waals surface area contributed by atoms with E-state index >= 15 is 0 Å². The topological polar surface area (TPSA) is 100 Å². The van der Waals surface area contributed by atoms with Gasteiger partial charge in [0, 0.05) is 0 Å². The molecule has 31 heavy (non-hydrogen) atoms. The number of benzene rings is 2. The summed E-state index contributed by atoms with van der Waals surface area (Å²) in [5, 5.41) is 21.6. The normalized spacial score (nSPS) is 17.9. The zero-order valence-corrected chi connectivity index (χ0v) is 17.2. The number of ketones is 1. The summed E-state index contributed by atoms with van der Waals surface area (Å²) in [7, 11) is 1.45.